The highest BCUT2D eigenvalue weighted by Crippen LogP contribution is 2.26. The van der Waals surface area contributed by atoms with Gasteiger partial charge in [-0.05, 0) is 12.1 Å². The van der Waals surface area contributed by atoms with E-state index < -0.39 is 17.5 Å². The topological polar surface area (TPSA) is 30.5 Å². The van der Waals surface area contributed by atoms with E-state index >= 15 is 0 Å². The Morgan fingerprint density at radius 2 is 1.62 bits per heavy atom. The number of anilines is 1. The quantitative estimate of drug-likeness (QED) is 0.853. The second-order valence-corrected chi connectivity index (χ2v) is 4.28. The molecule has 2 rings (SSSR count). The zero-order valence-corrected chi connectivity index (χ0v) is 11.5. The molecule has 6 heteroatoms. The molecule has 2 aromatic rings. The summed E-state index contributed by atoms with van der Waals surface area (Å²) in [6.45, 7) is 0.190. The van der Waals surface area contributed by atoms with Gasteiger partial charge in [0.15, 0.2) is 11.6 Å². The predicted octanol–water partition coefficient (Wildman–Crippen LogP) is 3.73. The molecule has 0 spiro atoms. The van der Waals surface area contributed by atoms with Crippen LogP contribution in [0.2, 0.25) is 0 Å². The maximum Gasteiger partial charge on any atom is 0.161 e. The average molecular weight is 297 g/mol. The van der Waals surface area contributed by atoms with Gasteiger partial charge < -0.3 is 14.8 Å². The molecule has 0 heterocycles. The summed E-state index contributed by atoms with van der Waals surface area (Å²) in [5, 5.41) is 2.71. The number of hydrogen-bond acceptors (Lipinski definition) is 3. The van der Waals surface area contributed by atoms with Crippen molar-refractivity contribution >= 4 is 5.69 Å². The first kappa shape index (κ1) is 15.0. The average Bonchev–Trinajstić information content (AvgIpc) is 2.49. The minimum atomic E-state index is -1.22. The number of methoxy groups -OCH3 is 2. The minimum absolute atomic E-state index is 0.119. The van der Waals surface area contributed by atoms with Crippen LogP contribution in [0.4, 0.5) is 18.9 Å². The van der Waals surface area contributed by atoms with Crippen LogP contribution in [0.25, 0.3) is 0 Å². The number of benzene rings is 2. The highest BCUT2D eigenvalue weighted by atomic mass is 19.2. The molecule has 0 fully saturated rings. The first-order valence-corrected chi connectivity index (χ1v) is 6.14. The van der Waals surface area contributed by atoms with Crippen LogP contribution >= 0.6 is 0 Å². The van der Waals surface area contributed by atoms with Crippen LogP contribution in [0.15, 0.2) is 30.3 Å². The molecule has 0 atom stereocenters. The fourth-order valence-corrected chi connectivity index (χ4v) is 1.85. The van der Waals surface area contributed by atoms with Gasteiger partial charge in [-0.2, -0.15) is 0 Å². The first-order chi connectivity index (χ1) is 10.0. The molecule has 1 N–H and O–H groups in total. The smallest absolute Gasteiger partial charge is 0.161 e. The summed E-state index contributed by atoms with van der Waals surface area (Å²) in [7, 11) is 3.03. The Hall–Kier alpha value is -2.37. The van der Waals surface area contributed by atoms with Crippen molar-refractivity contribution in [2.75, 3.05) is 19.5 Å². The Bertz CT molecular complexity index is 647. The summed E-state index contributed by atoms with van der Waals surface area (Å²) >= 11 is 0. The molecule has 0 amide bonds. The Kier molecular flexibility index (Phi) is 4.57. The van der Waals surface area contributed by atoms with Gasteiger partial charge in [0.1, 0.15) is 17.3 Å². The van der Waals surface area contributed by atoms with E-state index in [1.807, 2.05) is 0 Å². The predicted molar refractivity (Wildman–Crippen MR) is 73.2 cm³/mol. The van der Waals surface area contributed by atoms with Gasteiger partial charge in [-0.1, -0.05) is 0 Å². The lowest BCUT2D eigenvalue weighted by atomic mass is 10.2. The Labute approximate surface area is 120 Å². The summed E-state index contributed by atoms with van der Waals surface area (Å²) in [5.41, 5.74) is 0.606. The van der Waals surface area contributed by atoms with E-state index in [1.165, 1.54) is 14.2 Å². The lowest BCUT2D eigenvalue weighted by Gasteiger charge is -2.12. The zero-order valence-electron chi connectivity index (χ0n) is 11.5. The number of hydrogen-bond donors (Lipinski definition) is 1. The van der Waals surface area contributed by atoms with Crippen molar-refractivity contribution in [1.82, 2.24) is 0 Å². The van der Waals surface area contributed by atoms with E-state index in [1.54, 1.807) is 18.2 Å². The molecule has 0 aliphatic heterocycles. The summed E-state index contributed by atoms with van der Waals surface area (Å²) in [6, 6.07) is 6.42. The normalized spacial score (nSPS) is 10.3. The van der Waals surface area contributed by atoms with Crippen molar-refractivity contribution in [2.45, 2.75) is 6.54 Å². The van der Waals surface area contributed by atoms with Crippen LogP contribution in [0.3, 0.4) is 0 Å². The van der Waals surface area contributed by atoms with E-state index in [0.29, 0.717) is 17.6 Å². The van der Waals surface area contributed by atoms with Gasteiger partial charge in [0.05, 0.1) is 19.9 Å². The molecule has 21 heavy (non-hydrogen) atoms. The molecule has 112 valence electrons. The third-order valence-electron chi connectivity index (χ3n) is 2.97. The van der Waals surface area contributed by atoms with Gasteiger partial charge in [0.2, 0.25) is 0 Å². The third kappa shape index (κ3) is 3.39. The number of ether oxygens (including phenoxy) is 2. The van der Waals surface area contributed by atoms with Crippen LogP contribution in [-0.2, 0) is 6.54 Å². The van der Waals surface area contributed by atoms with Crippen LogP contribution < -0.4 is 14.8 Å². The monoisotopic (exact) mass is 297 g/mol. The fraction of sp³-hybridized carbons (Fsp3) is 0.200. The van der Waals surface area contributed by atoms with E-state index in [4.69, 9.17) is 9.47 Å². The molecule has 3 nitrogen and oxygen atoms in total. The molecule has 0 radical (unpaired) electrons. The van der Waals surface area contributed by atoms with Crippen molar-refractivity contribution in [2.24, 2.45) is 0 Å². The van der Waals surface area contributed by atoms with E-state index in [0.717, 1.165) is 11.6 Å². The SMILES string of the molecule is COc1ccc(CNc2cc(F)c(F)cc2F)c(OC)c1. The molecule has 0 saturated carbocycles. The maximum absolute atomic E-state index is 13.5. The number of nitrogens with one attached hydrogen (secondary N) is 1. The summed E-state index contributed by atoms with van der Waals surface area (Å²) in [5.74, 6) is -2.03. The molecule has 0 unspecified atom stereocenters. The minimum Gasteiger partial charge on any atom is -0.497 e. The summed E-state index contributed by atoms with van der Waals surface area (Å²) in [6.07, 6.45) is 0. The van der Waals surface area contributed by atoms with Crippen molar-refractivity contribution < 1.29 is 22.6 Å². The van der Waals surface area contributed by atoms with Gasteiger partial charge in [-0.3, -0.25) is 0 Å². The van der Waals surface area contributed by atoms with Gasteiger partial charge in [-0.15, -0.1) is 0 Å². The van der Waals surface area contributed by atoms with Gasteiger partial charge >= 0.3 is 0 Å². The van der Waals surface area contributed by atoms with Crippen LogP contribution in [0.1, 0.15) is 5.56 Å². The third-order valence-corrected chi connectivity index (χ3v) is 2.97. The highest BCUT2D eigenvalue weighted by molar-refractivity contribution is 5.48. The number of rotatable bonds is 5. The molecular weight excluding hydrogens is 283 g/mol. The summed E-state index contributed by atoms with van der Waals surface area (Å²) < 4.78 is 49.7. The Balaban J connectivity index is 2.18. The number of halogens is 3. The van der Waals surface area contributed by atoms with Gasteiger partial charge in [0, 0.05) is 30.3 Å². The van der Waals surface area contributed by atoms with Crippen molar-refractivity contribution in [1.29, 1.82) is 0 Å². The van der Waals surface area contributed by atoms with E-state index in [2.05, 4.69) is 5.32 Å². The van der Waals surface area contributed by atoms with Gasteiger partial charge in [-0.25, -0.2) is 13.2 Å². The molecule has 2 aromatic carbocycles. The second kappa shape index (κ2) is 6.39. The lowest BCUT2D eigenvalue weighted by molar-refractivity contribution is 0.391. The largest absolute Gasteiger partial charge is 0.497 e. The maximum atomic E-state index is 13.5. The van der Waals surface area contributed by atoms with Gasteiger partial charge in [0.25, 0.3) is 0 Å². The highest BCUT2D eigenvalue weighted by Gasteiger charge is 2.11. The standard InChI is InChI=1S/C15H14F3NO2/c1-20-10-4-3-9(15(5-10)21-2)8-19-14-7-12(17)11(16)6-13(14)18/h3-7,19H,8H2,1-2H3. The zero-order chi connectivity index (χ0) is 15.4. The molecule has 0 aromatic heterocycles. The van der Waals surface area contributed by atoms with Crippen molar-refractivity contribution in [3.63, 3.8) is 0 Å². The molecular formula is C15H14F3NO2. The Morgan fingerprint density at radius 1 is 0.905 bits per heavy atom. The second-order valence-electron chi connectivity index (χ2n) is 4.28. The van der Waals surface area contributed by atoms with Crippen LogP contribution in [0.5, 0.6) is 11.5 Å². The van der Waals surface area contributed by atoms with Crippen molar-refractivity contribution in [3.8, 4) is 11.5 Å². The fourth-order valence-electron chi connectivity index (χ4n) is 1.85. The van der Waals surface area contributed by atoms with E-state index in [-0.39, 0.29) is 12.2 Å². The molecule has 0 aliphatic carbocycles. The lowest BCUT2D eigenvalue weighted by Crippen LogP contribution is -2.04. The molecule has 0 bridgehead atoms. The first-order valence-electron chi connectivity index (χ1n) is 6.14. The molecule has 0 aliphatic rings. The Morgan fingerprint density at radius 3 is 2.29 bits per heavy atom. The van der Waals surface area contributed by atoms with Crippen molar-refractivity contribution in [3.05, 3.63) is 53.3 Å². The van der Waals surface area contributed by atoms with Crippen LogP contribution in [0, 0.1) is 17.5 Å². The van der Waals surface area contributed by atoms with E-state index in [9.17, 15) is 13.2 Å². The summed E-state index contributed by atoms with van der Waals surface area (Å²) in [4.78, 5) is 0. The molecule has 0 saturated heterocycles. The van der Waals surface area contributed by atoms with Crippen LogP contribution in [-0.4, -0.2) is 14.2 Å².